The number of anilines is 2. The first-order chi connectivity index (χ1) is 19.1. The highest BCUT2D eigenvalue weighted by Crippen LogP contribution is 2.50. The highest BCUT2D eigenvalue weighted by atomic mass is 35.5. The minimum absolute atomic E-state index is 0.0339. The number of aryl methyl sites for hydroxylation is 1. The van der Waals surface area contributed by atoms with Crippen LogP contribution < -0.4 is 16.0 Å². The fraction of sp³-hybridized carbons (Fsp3) is 0.276. The summed E-state index contributed by atoms with van der Waals surface area (Å²) in [4.78, 5) is 27.9. The van der Waals surface area contributed by atoms with E-state index in [1.807, 2.05) is 51.1 Å². The number of hydrogen-bond acceptors (Lipinski definition) is 9. The number of ketones is 1. The van der Waals surface area contributed by atoms with Crippen LogP contribution in [0.5, 0.6) is 0 Å². The SMILES string of the molecule is Cc1cccc(NC(=O)CSc2nnc(N3C(N)=C(C#N)C(c4cccc(Cl)c4)C4=C3CC(C)(C)CC4=O)s2)c1. The Morgan fingerprint density at radius 1 is 1.25 bits per heavy atom. The fourth-order valence-electron chi connectivity index (χ4n) is 5.15. The smallest absolute Gasteiger partial charge is 0.234 e. The number of allylic oxidation sites excluding steroid dienone is 3. The molecule has 40 heavy (non-hydrogen) atoms. The van der Waals surface area contributed by atoms with Crippen molar-refractivity contribution in [3.8, 4) is 6.07 Å². The summed E-state index contributed by atoms with van der Waals surface area (Å²) >= 11 is 8.81. The van der Waals surface area contributed by atoms with Crippen molar-refractivity contribution in [2.24, 2.45) is 11.1 Å². The number of halogens is 1. The molecule has 2 aromatic carbocycles. The predicted octanol–water partition coefficient (Wildman–Crippen LogP) is 6.17. The van der Waals surface area contributed by atoms with Crippen molar-refractivity contribution in [3.05, 3.63) is 87.3 Å². The van der Waals surface area contributed by atoms with E-state index in [0.717, 1.165) is 16.8 Å². The zero-order valence-electron chi connectivity index (χ0n) is 22.2. The van der Waals surface area contributed by atoms with Crippen LogP contribution in [0.15, 0.2) is 75.5 Å². The molecule has 204 valence electrons. The molecular formula is C29H27ClN6O2S2. The molecule has 1 aliphatic carbocycles. The van der Waals surface area contributed by atoms with E-state index in [4.69, 9.17) is 17.3 Å². The molecule has 0 spiro atoms. The van der Waals surface area contributed by atoms with Gasteiger partial charge in [-0.3, -0.25) is 14.5 Å². The summed E-state index contributed by atoms with van der Waals surface area (Å²) in [7, 11) is 0. The lowest BCUT2D eigenvalue weighted by atomic mass is 9.69. The number of aromatic nitrogens is 2. The summed E-state index contributed by atoms with van der Waals surface area (Å²) in [5.74, 6) is -0.459. The van der Waals surface area contributed by atoms with Gasteiger partial charge in [0.25, 0.3) is 0 Å². The van der Waals surface area contributed by atoms with Crippen molar-refractivity contribution in [3.63, 3.8) is 0 Å². The van der Waals surface area contributed by atoms with E-state index in [9.17, 15) is 14.9 Å². The van der Waals surface area contributed by atoms with Crippen molar-refractivity contribution in [1.82, 2.24) is 10.2 Å². The second-order valence-corrected chi connectivity index (χ2v) is 13.2. The first-order valence-electron chi connectivity index (χ1n) is 12.6. The molecule has 3 N–H and O–H groups in total. The topological polar surface area (TPSA) is 125 Å². The van der Waals surface area contributed by atoms with Gasteiger partial charge < -0.3 is 11.1 Å². The van der Waals surface area contributed by atoms with Crippen LogP contribution >= 0.6 is 34.7 Å². The van der Waals surface area contributed by atoms with Gasteiger partial charge in [0.1, 0.15) is 5.82 Å². The van der Waals surface area contributed by atoms with E-state index < -0.39 is 5.92 Å². The van der Waals surface area contributed by atoms with Crippen LogP contribution in [-0.2, 0) is 9.59 Å². The molecule has 0 bridgehead atoms. The van der Waals surface area contributed by atoms with Crippen molar-refractivity contribution in [1.29, 1.82) is 5.26 Å². The second-order valence-electron chi connectivity index (χ2n) is 10.6. The molecule has 11 heteroatoms. The minimum atomic E-state index is -0.620. The molecule has 1 amide bonds. The van der Waals surface area contributed by atoms with Crippen LogP contribution in [-0.4, -0.2) is 27.6 Å². The Morgan fingerprint density at radius 2 is 2.02 bits per heavy atom. The van der Waals surface area contributed by atoms with Gasteiger partial charge in [-0.25, -0.2) is 0 Å². The second kappa shape index (κ2) is 11.1. The Balaban J connectivity index is 1.47. The van der Waals surface area contributed by atoms with Gasteiger partial charge in [0, 0.05) is 28.4 Å². The molecule has 1 unspecified atom stereocenters. The highest BCUT2D eigenvalue weighted by Gasteiger charge is 2.45. The molecule has 2 aliphatic rings. The number of carbonyl (C=O) groups excluding carboxylic acids is 2. The Hall–Kier alpha value is -3.65. The number of nitrogens with one attached hydrogen (secondary N) is 1. The average molecular weight is 591 g/mol. The third kappa shape index (κ3) is 5.63. The molecule has 0 saturated heterocycles. The number of nitrogens with two attached hydrogens (primary N) is 1. The lowest BCUT2D eigenvalue weighted by Gasteiger charge is -2.42. The molecule has 3 aromatic rings. The minimum Gasteiger partial charge on any atom is -0.384 e. The standard InChI is InChI=1S/C29H27ClN6O2S2/c1-16-6-4-9-19(10-16)33-23(38)15-39-28-35-34-27(40-28)36-21-12-29(2,3)13-22(37)25(21)24(20(14-31)26(36)32)17-7-5-8-18(30)11-17/h4-11,24H,12-13,15,32H2,1-3H3,(H,33,38). The molecule has 5 rings (SSSR count). The quantitative estimate of drug-likeness (QED) is 0.326. The third-order valence-electron chi connectivity index (χ3n) is 6.78. The van der Waals surface area contributed by atoms with Crippen LogP contribution in [0.2, 0.25) is 5.02 Å². The fourth-order valence-corrected chi connectivity index (χ4v) is 7.02. The Kier molecular flexibility index (Phi) is 7.73. The van der Waals surface area contributed by atoms with Crippen LogP contribution in [0.3, 0.4) is 0 Å². The van der Waals surface area contributed by atoms with E-state index in [-0.39, 0.29) is 34.3 Å². The number of hydrogen-bond donors (Lipinski definition) is 2. The number of nitrogens with zero attached hydrogens (tertiary/aromatic N) is 4. The summed E-state index contributed by atoms with van der Waals surface area (Å²) in [6, 6.07) is 17.0. The zero-order chi connectivity index (χ0) is 28.6. The lowest BCUT2D eigenvalue weighted by molar-refractivity contribution is -0.118. The number of thioether (sulfide) groups is 1. The first kappa shape index (κ1) is 27.9. The number of Topliss-reactive ketones (excluding diaryl/α,β-unsaturated/α-hetero) is 1. The first-order valence-corrected chi connectivity index (χ1v) is 14.8. The lowest BCUT2D eigenvalue weighted by Crippen LogP contribution is -2.42. The van der Waals surface area contributed by atoms with Gasteiger partial charge in [-0.05, 0) is 54.2 Å². The van der Waals surface area contributed by atoms with E-state index in [2.05, 4.69) is 21.6 Å². The van der Waals surface area contributed by atoms with Crippen LogP contribution in [0, 0.1) is 23.7 Å². The molecule has 8 nitrogen and oxygen atoms in total. The molecule has 1 aromatic heterocycles. The van der Waals surface area contributed by atoms with Gasteiger partial charge in [0.05, 0.1) is 23.3 Å². The van der Waals surface area contributed by atoms with E-state index in [1.54, 1.807) is 23.1 Å². The van der Waals surface area contributed by atoms with Gasteiger partial charge in [0.15, 0.2) is 10.1 Å². The molecule has 1 atom stereocenters. The Morgan fingerprint density at radius 3 is 2.75 bits per heavy atom. The number of benzene rings is 2. The Bertz CT molecular complexity index is 1620. The highest BCUT2D eigenvalue weighted by molar-refractivity contribution is 8.01. The summed E-state index contributed by atoms with van der Waals surface area (Å²) in [6.45, 7) is 6.04. The molecule has 2 heterocycles. The average Bonchev–Trinajstić information content (AvgIpc) is 3.34. The van der Waals surface area contributed by atoms with Crippen LogP contribution in [0.25, 0.3) is 0 Å². The summed E-state index contributed by atoms with van der Waals surface area (Å²) < 4.78 is 0.571. The number of amides is 1. The normalized spacial score (nSPS) is 18.4. The molecule has 0 saturated carbocycles. The number of nitriles is 1. The summed E-state index contributed by atoms with van der Waals surface area (Å²) in [6.07, 6.45) is 0.911. The van der Waals surface area contributed by atoms with Gasteiger partial charge >= 0.3 is 0 Å². The zero-order valence-corrected chi connectivity index (χ0v) is 24.6. The van der Waals surface area contributed by atoms with E-state index in [0.29, 0.717) is 38.6 Å². The molecular weight excluding hydrogens is 564 g/mol. The third-order valence-corrected chi connectivity index (χ3v) is 9.06. The van der Waals surface area contributed by atoms with Gasteiger partial charge in [0.2, 0.25) is 11.0 Å². The van der Waals surface area contributed by atoms with Crippen LogP contribution in [0.4, 0.5) is 10.8 Å². The van der Waals surface area contributed by atoms with Crippen molar-refractivity contribution >= 4 is 57.2 Å². The maximum absolute atomic E-state index is 13.6. The van der Waals surface area contributed by atoms with Gasteiger partial charge in [-0.2, -0.15) is 5.26 Å². The molecule has 0 fully saturated rings. The molecule has 1 aliphatic heterocycles. The number of carbonyl (C=O) groups is 2. The summed E-state index contributed by atoms with van der Waals surface area (Å²) in [5.41, 5.74) is 10.4. The monoisotopic (exact) mass is 590 g/mol. The van der Waals surface area contributed by atoms with E-state index >= 15 is 0 Å². The predicted molar refractivity (Wildman–Crippen MR) is 159 cm³/mol. The Labute approximate surface area is 245 Å². The summed E-state index contributed by atoms with van der Waals surface area (Å²) in [5, 5.41) is 22.7. The largest absolute Gasteiger partial charge is 0.384 e. The maximum Gasteiger partial charge on any atom is 0.234 e. The van der Waals surface area contributed by atoms with Crippen LogP contribution in [0.1, 0.15) is 43.7 Å². The van der Waals surface area contributed by atoms with Gasteiger partial charge in [-0.15, -0.1) is 10.2 Å². The van der Waals surface area contributed by atoms with Crippen molar-refractivity contribution in [2.75, 3.05) is 16.0 Å². The van der Waals surface area contributed by atoms with Gasteiger partial charge in [-0.1, -0.05) is 72.8 Å². The van der Waals surface area contributed by atoms with E-state index in [1.165, 1.54) is 23.1 Å². The maximum atomic E-state index is 13.6. The number of rotatable bonds is 6. The molecule has 0 radical (unpaired) electrons. The van der Waals surface area contributed by atoms with Crippen molar-refractivity contribution < 1.29 is 9.59 Å². The van der Waals surface area contributed by atoms with Crippen molar-refractivity contribution in [2.45, 2.75) is 43.9 Å².